The molecule has 0 aliphatic heterocycles. The van der Waals surface area contributed by atoms with E-state index in [0.717, 1.165) is 5.56 Å². The highest BCUT2D eigenvalue weighted by Gasteiger charge is 2.19. The summed E-state index contributed by atoms with van der Waals surface area (Å²) in [5, 5.41) is 11.4. The first-order chi connectivity index (χ1) is 10.1. The van der Waals surface area contributed by atoms with Gasteiger partial charge >= 0.3 is 12.1 Å². The minimum atomic E-state index is -1.02. The third-order valence-corrected chi connectivity index (χ3v) is 2.83. The Balaban J connectivity index is 1.90. The molecule has 0 radical (unpaired) electrons. The average Bonchev–Trinajstić information content (AvgIpc) is 2.99. The molecule has 0 aliphatic rings. The van der Waals surface area contributed by atoms with Crippen LogP contribution in [0.25, 0.3) is 0 Å². The number of benzene rings is 1. The molecule has 0 spiro atoms. The standard InChI is InChI=1S/C15H15NO5/c17-14(18)8-13(12-6-7-20-10-12)16-15(19)21-9-11-4-2-1-3-5-11/h1-7,10,13H,8-9H2,(H,16,19)(H,17,18). The number of rotatable bonds is 6. The van der Waals surface area contributed by atoms with Crippen molar-refractivity contribution in [3.63, 3.8) is 0 Å². The van der Waals surface area contributed by atoms with Crippen molar-refractivity contribution in [2.45, 2.75) is 19.1 Å². The Hall–Kier alpha value is -2.76. The number of hydrogen-bond donors (Lipinski definition) is 2. The molecule has 1 aromatic heterocycles. The largest absolute Gasteiger partial charge is 0.481 e. The van der Waals surface area contributed by atoms with Gasteiger partial charge in [-0.1, -0.05) is 30.3 Å². The van der Waals surface area contributed by atoms with Gasteiger partial charge in [-0.2, -0.15) is 0 Å². The van der Waals surface area contributed by atoms with E-state index in [0.29, 0.717) is 5.56 Å². The van der Waals surface area contributed by atoms with Gasteiger partial charge in [0.1, 0.15) is 6.61 Å². The fourth-order valence-corrected chi connectivity index (χ4v) is 1.81. The summed E-state index contributed by atoms with van der Waals surface area (Å²) in [6.07, 6.45) is 1.89. The van der Waals surface area contributed by atoms with Crippen LogP contribution in [0.2, 0.25) is 0 Å². The average molecular weight is 289 g/mol. The molecular weight excluding hydrogens is 274 g/mol. The van der Waals surface area contributed by atoms with E-state index in [1.165, 1.54) is 12.5 Å². The number of carboxylic acid groups (broad SMARTS) is 1. The molecule has 0 aliphatic carbocycles. The first kappa shape index (κ1) is 14.6. The number of ether oxygens (including phenoxy) is 1. The van der Waals surface area contributed by atoms with E-state index in [9.17, 15) is 9.59 Å². The summed E-state index contributed by atoms with van der Waals surface area (Å²) in [4.78, 5) is 22.6. The van der Waals surface area contributed by atoms with Gasteiger partial charge in [-0.05, 0) is 11.6 Å². The number of hydrogen-bond acceptors (Lipinski definition) is 4. The van der Waals surface area contributed by atoms with Gasteiger partial charge in [0.05, 0.1) is 25.0 Å². The van der Waals surface area contributed by atoms with Crippen LogP contribution in [0.4, 0.5) is 4.79 Å². The van der Waals surface area contributed by atoms with Crippen molar-refractivity contribution in [2.75, 3.05) is 0 Å². The Bertz CT molecular complexity index is 579. The van der Waals surface area contributed by atoms with Crippen molar-refractivity contribution in [1.82, 2.24) is 5.32 Å². The number of carbonyl (C=O) groups excluding carboxylic acids is 1. The number of carbonyl (C=O) groups is 2. The molecule has 6 heteroatoms. The molecule has 0 saturated heterocycles. The second-order valence-electron chi connectivity index (χ2n) is 4.41. The third kappa shape index (κ3) is 4.68. The number of aliphatic carboxylic acids is 1. The van der Waals surface area contributed by atoms with Crippen LogP contribution in [-0.4, -0.2) is 17.2 Å². The molecule has 1 atom stereocenters. The molecular formula is C15H15NO5. The van der Waals surface area contributed by atoms with E-state index in [-0.39, 0.29) is 13.0 Å². The van der Waals surface area contributed by atoms with Crippen LogP contribution in [0, 0.1) is 0 Å². The number of furan rings is 1. The number of nitrogens with one attached hydrogen (secondary N) is 1. The normalized spacial score (nSPS) is 11.6. The lowest BCUT2D eigenvalue weighted by Crippen LogP contribution is -2.30. The summed E-state index contributed by atoms with van der Waals surface area (Å²) < 4.78 is 9.97. The van der Waals surface area contributed by atoms with Gasteiger partial charge in [-0.3, -0.25) is 4.79 Å². The molecule has 0 saturated carbocycles. The monoisotopic (exact) mass is 289 g/mol. The van der Waals surface area contributed by atoms with Crippen molar-refractivity contribution >= 4 is 12.1 Å². The topological polar surface area (TPSA) is 88.8 Å². The maximum Gasteiger partial charge on any atom is 0.407 e. The van der Waals surface area contributed by atoms with Gasteiger partial charge in [0, 0.05) is 5.56 Å². The van der Waals surface area contributed by atoms with Crippen molar-refractivity contribution in [1.29, 1.82) is 0 Å². The zero-order valence-electron chi connectivity index (χ0n) is 11.2. The van der Waals surface area contributed by atoms with E-state index >= 15 is 0 Å². The lowest BCUT2D eigenvalue weighted by atomic mass is 10.1. The second-order valence-corrected chi connectivity index (χ2v) is 4.41. The maximum atomic E-state index is 11.7. The summed E-state index contributed by atoms with van der Waals surface area (Å²) >= 11 is 0. The molecule has 21 heavy (non-hydrogen) atoms. The minimum absolute atomic E-state index is 0.123. The first-order valence-electron chi connectivity index (χ1n) is 6.36. The van der Waals surface area contributed by atoms with Gasteiger partial charge < -0.3 is 19.6 Å². The smallest absolute Gasteiger partial charge is 0.407 e. The van der Waals surface area contributed by atoms with Crippen LogP contribution in [0.15, 0.2) is 53.3 Å². The number of carboxylic acids is 1. The van der Waals surface area contributed by atoms with Gasteiger partial charge in [0.25, 0.3) is 0 Å². The van der Waals surface area contributed by atoms with Crippen LogP contribution in [0.5, 0.6) is 0 Å². The lowest BCUT2D eigenvalue weighted by Gasteiger charge is -2.15. The molecule has 6 nitrogen and oxygen atoms in total. The molecule has 0 fully saturated rings. The van der Waals surface area contributed by atoms with Crippen molar-refractivity contribution < 1.29 is 23.8 Å². The fourth-order valence-electron chi connectivity index (χ4n) is 1.81. The van der Waals surface area contributed by atoms with E-state index in [1.807, 2.05) is 30.3 Å². The molecule has 1 heterocycles. The van der Waals surface area contributed by atoms with E-state index in [4.69, 9.17) is 14.3 Å². The Morgan fingerprint density at radius 3 is 2.62 bits per heavy atom. The van der Waals surface area contributed by atoms with Crippen LogP contribution >= 0.6 is 0 Å². The van der Waals surface area contributed by atoms with Gasteiger partial charge in [0.15, 0.2) is 0 Å². The van der Waals surface area contributed by atoms with Crippen LogP contribution in [0.3, 0.4) is 0 Å². The number of alkyl carbamates (subject to hydrolysis) is 1. The Labute approximate surface area is 121 Å². The predicted octanol–water partition coefficient (Wildman–Crippen LogP) is 2.72. The first-order valence-corrected chi connectivity index (χ1v) is 6.36. The maximum absolute atomic E-state index is 11.7. The summed E-state index contributed by atoms with van der Waals surface area (Å²) in [6.45, 7) is 0.123. The number of amides is 1. The zero-order valence-corrected chi connectivity index (χ0v) is 11.2. The van der Waals surface area contributed by atoms with E-state index in [1.54, 1.807) is 6.07 Å². The highest BCUT2D eigenvalue weighted by Crippen LogP contribution is 2.17. The van der Waals surface area contributed by atoms with Crippen LogP contribution in [0.1, 0.15) is 23.6 Å². The molecule has 110 valence electrons. The molecule has 2 N–H and O–H groups in total. The highest BCUT2D eigenvalue weighted by molar-refractivity contribution is 5.71. The lowest BCUT2D eigenvalue weighted by molar-refractivity contribution is -0.137. The van der Waals surface area contributed by atoms with Crippen molar-refractivity contribution in [3.05, 3.63) is 60.1 Å². The summed E-state index contributed by atoms with van der Waals surface area (Å²) in [5.74, 6) is -1.02. The van der Waals surface area contributed by atoms with Crippen molar-refractivity contribution in [3.8, 4) is 0 Å². The molecule has 2 rings (SSSR count). The van der Waals surface area contributed by atoms with Crippen LogP contribution in [-0.2, 0) is 16.1 Å². The SMILES string of the molecule is O=C(O)CC(NC(=O)OCc1ccccc1)c1ccoc1. The molecule has 1 aromatic carbocycles. The highest BCUT2D eigenvalue weighted by atomic mass is 16.5. The Kier molecular flexibility index (Phi) is 4.98. The Morgan fingerprint density at radius 1 is 1.24 bits per heavy atom. The van der Waals surface area contributed by atoms with Crippen molar-refractivity contribution in [2.24, 2.45) is 0 Å². The quantitative estimate of drug-likeness (QED) is 0.853. The summed E-state index contributed by atoms with van der Waals surface area (Å²) in [5.41, 5.74) is 1.43. The second kappa shape index (κ2) is 7.14. The summed E-state index contributed by atoms with van der Waals surface area (Å²) in [6, 6.07) is 10.1. The Morgan fingerprint density at radius 2 is 2.00 bits per heavy atom. The zero-order chi connectivity index (χ0) is 15.1. The van der Waals surface area contributed by atoms with E-state index in [2.05, 4.69) is 5.32 Å². The van der Waals surface area contributed by atoms with Gasteiger partial charge in [-0.15, -0.1) is 0 Å². The van der Waals surface area contributed by atoms with Gasteiger partial charge in [-0.25, -0.2) is 4.79 Å². The third-order valence-electron chi connectivity index (χ3n) is 2.83. The molecule has 1 unspecified atom stereocenters. The predicted molar refractivity (Wildman–Crippen MR) is 73.5 cm³/mol. The fraction of sp³-hybridized carbons (Fsp3) is 0.200. The minimum Gasteiger partial charge on any atom is -0.481 e. The van der Waals surface area contributed by atoms with Gasteiger partial charge in [0.2, 0.25) is 0 Å². The molecule has 0 bridgehead atoms. The molecule has 2 aromatic rings. The van der Waals surface area contributed by atoms with E-state index < -0.39 is 18.1 Å². The molecule has 1 amide bonds. The summed E-state index contributed by atoms with van der Waals surface area (Å²) in [7, 11) is 0. The van der Waals surface area contributed by atoms with Crippen LogP contribution < -0.4 is 5.32 Å².